The van der Waals surface area contributed by atoms with Crippen LogP contribution in [0.15, 0.2) is 48.5 Å². The molecule has 0 unspecified atom stereocenters. The molecule has 2 aromatic carbocycles. The van der Waals surface area contributed by atoms with Crippen LogP contribution >= 0.6 is 23.8 Å². The molecule has 2 aromatic rings. The first-order valence-electron chi connectivity index (χ1n) is 8.48. The summed E-state index contributed by atoms with van der Waals surface area (Å²) in [5, 5.41) is 6.51. The van der Waals surface area contributed by atoms with Crippen LogP contribution in [0.4, 0.5) is 5.69 Å². The Morgan fingerprint density at radius 3 is 2.37 bits per heavy atom. The fourth-order valence-electron chi connectivity index (χ4n) is 2.34. The van der Waals surface area contributed by atoms with Gasteiger partial charge in [0.25, 0.3) is 0 Å². The number of hydrogen-bond donors (Lipinski definition) is 2. The van der Waals surface area contributed by atoms with Gasteiger partial charge in [0.05, 0.1) is 6.42 Å². The van der Waals surface area contributed by atoms with Gasteiger partial charge in [0.1, 0.15) is 0 Å². The molecule has 0 saturated carbocycles. The molecule has 27 heavy (non-hydrogen) atoms. The zero-order chi connectivity index (χ0) is 19.8. The number of nitrogens with one attached hydrogen (secondary N) is 2. The molecule has 0 bridgehead atoms. The van der Waals surface area contributed by atoms with Gasteiger partial charge in [0.15, 0.2) is 5.11 Å². The predicted molar refractivity (Wildman–Crippen MR) is 113 cm³/mol. The maximum atomic E-state index is 12.0. The zero-order valence-corrected chi connectivity index (χ0v) is 16.9. The van der Waals surface area contributed by atoms with Crippen LogP contribution in [-0.2, 0) is 22.4 Å². The fraction of sp³-hybridized carbons (Fsp3) is 0.250. The van der Waals surface area contributed by atoms with Gasteiger partial charge in [0, 0.05) is 31.2 Å². The number of anilines is 1. The van der Waals surface area contributed by atoms with Crippen LogP contribution in [0, 0.1) is 0 Å². The lowest BCUT2D eigenvalue weighted by atomic mass is 10.1. The summed E-state index contributed by atoms with van der Waals surface area (Å²) < 4.78 is 0. The number of rotatable bonds is 6. The summed E-state index contributed by atoms with van der Waals surface area (Å²) >= 11 is 11.3. The number of aryl methyl sites for hydroxylation is 1. The monoisotopic (exact) mass is 403 g/mol. The van der Waals surface area contributed by atoms with E-state index in [2.05, 4.69) is 10.6 Å². The Balaban J connectivity index is 1.80. The van der Waals surface area contributed by atoms with Crippen LogP contribution in [-0.4, -0.2) is 35.9 Å². The Morgan fingerprint density at radius 2 is 1.74 bits per heavy atom. The number of benzene rings is 2. The van der Waals surface area contributed by atoms with E-state index in [0.717, 1.165) is 16.8 Å². The second-order valence-corrected chi connectivity index (χ2v) is 7.07. The molecule has 5 nitrogen and oxygen atoms in total. The number of carbonyl (C=O) groups is 2. The smallest absolute Gasteiger partial charge is 0.226 e. The van der Waals surface area contributed by atoms with Crippen molar-refractivity contribution in [2.24, 2.45) is 0 Å². The Bertz CT molecular complexity index is 822. The SMILES string of the molecule is CN(C)C(=O)Cc1ccc(NC(=S)NC(=O)CCc2ccccc2Cl)cc1. The van der Waals surface area contributed by atoms with Crippen molar-refractivity contribution in [3.8, 4) is 0 Å². The highest BCUT2D eigenvalue weighted by Gasteiger charge is 2.08. The average Bonchev–Trinajstić information content (AvgIpc) is 2.62. The summed E-state index contributed by atoms with van der Waals surface area (Å²) in [5.74, 6) is -0.141. The molecule has 0 heterocycles. The van der Waals surface area contributed by atoms with Crippen molar-refractivity contribution >= 4 is 46.4 Å². The van der Waals surface area contributed by atoms with Gasteiger partial charge in [-0.2, -0.15) is 0 Å². The predicted octanol–water partition coefficient (Wildman–Crippen LogP) is 3.42. The molecule has 0 saturated heterocycles. The maximum absolute atomic E-state index is 12.0. The van der Waals surface area contributed by atoms with E-state index in [9.17, 15) is 9.59 Å². The van der Waals surface area contributed by atoms with Crippen molar-refractivity contribution in [1.29, 1.82) is 0 Å². The van der Waals surface area contributed by atoms with Crippen LogP contribution in [0.5, 0.6) is 0 Å². The maximum Gasteiger partial charge on any atom is 0.226 e. The van der Waals surface area contributed by atoms with Gasteiger partial charge >= 0.3 is 0 Å². The van der Waals surface area contributed by atoms with Gasteiger partial charge in [0.2, 0.25) is 11.8 Å². The Labute approximate surface area is 169 Å². The molecule has 0 aromatic heterocycles. The molecule has 0 fully saturated rings. The van der Waals surface area contributed by atoms with Gasteiger partial charge < -0.3 is 15.5 Å². The van der Waals surface area contributed by atoms with E-state index < -0.39 is 0 Å². The van der Waals surface area contributed by atoms with Crippen molar-refractivity contribution in [3.63, 3.8) is 0 Å². The highest BCUT2D eigenvalue weighted by molar-refractivity contribution is 7.80. The fourth-order valence-corrected chi connectivity index (χ4v) is 2.80. The van der Waals surface area contributed by atoms with Crippen LogP contribution in [0.1, 0.15) is 17.5 Å². The average molecular weight is 404 g/mol. The van der Waals surface area contributed by atoms with Gasteiger partial charge in [-0.05, 0) is 48.0 Å². The van der Waals surface area contributed by atoms with Crippen molar-refractivity contribution in [1.82, 2.24) is 10.2 Å². The Kier molecular flexibility index (Phi) is 7.76. The number of carbonyl (C=O) groups excluding carboxylic acids is 2. The van der Waals surface area contributed by atoms with Gasteiger partial charge in [-0.25, -0.2) is 0 Å². The molecule has 2 rings (SSSR count). The second-order valence-electron chi connectivity index (χ2n) is 6.26. The normalized spacial score (nSPS) is 10.2. The minimum absolute atomic E-state index is 0.0389. The van der Waals surface area contributed by atoms with Crippen LogP contribution in [0.25, 0.3) is 0 Å². The van der Waals surface area contributed by atoms with Crippen molar-refractivity contribution in [2.45, 2.75) is 19.3 Å². The van der Waals surface area contributed by atoms with Crippen molar-refractivity contribution in [2.75, 3.05) is 19.4 Å². The van der Waals surface area contributed by atoms with Crippen molar-refractivity contribution in [3.05, 3.63) is 64.7 Å². The highest BCUT2D eigenvalue weighted by atomic mass is 35.5. The topological polar surface area (TPSA) is 61.4 Å². The largest absolute Gasteiger partial charge is 0.349 e. The molecule has 0 spiro atoms. The quantitative estimate of drug-likeness (QED) is 0.725. The summed E-state index contributed by atoms with van der Waals surface area (Å²) in [6, 6.07) is 14.8. The first-order valence-corrected chi connectivity index (χ1v) is 9.27. The summed E-state index contributed by atoms with van der Waals surface area (Å²) in [5.41, 5.74) is 2.58. The number of halogens is 1. The van der Waals surface area contributed by atoms with Crippen LogP contribution in [0.3, 0.4) is 0 Å². The zero-order valence-electron chi connectivity index (χ0n) is 15.3. The summed E-state index contributed by atoms with van der Waals surface area (Å²) in [4.78, 5) is 25.3. The number of thiocarbonyl (C=S) groups is 1. The lowest BCUT2D eigenvalue weighted by Crippen LogP contribution is -2.34. The Hall–Kier alpha value is -2.44. The molecule has 2 amide bonds. The summed E-state index contributed by atoms with van der Waals surface area (Å²) in [6.45, 7) is 0. The third-order valence-corrected chi connectivity index (χ3v) is 4.47. The van der Waals surface area contributed by atoms with E-state index in [0.29, 0.717) is 17.9 Å². The molecule has 0 aliphatic heterocycles. The lowest BCUT2D eigenvalue weighted by Gasteiger charge is -2.12. The number of amides is 2. The molecular weight excluding hydrogens is 382 g/mol. The van der Waals surface area contributed by atoms with Crippen molar-refractivity contribution < 1.29 is 9.59 Å². The van der Waals surface area contributed by atoms with E-state index in [4.69, 9.17) is 23.8 Å². The number of nitrogens with zero attached hydrogens (tertiary/aromatic N) is 1. The highest BCUT2D eigenvalue weighted by Crippen LogP contribution is 2.16. The number of likely N-dealkylation sites (N-methyl/N-ethyl adjacent to an activating group) is 1. The van der Waals surface area contributed by atoms with E-state index in [1.165, 1.54) is 0 Å². The van der Waals surface area contributed by atoms with E-state index in [-0.39, 0.29) is 23.3 Å². The first kappa shape index (κ1) is 20.9. The standard InChI is InChI=1S/C20H22ClN3O2S/c1-24(2)19(26)13-14-7-10-16(11-8-14)22-20(27)23-18(25)12-9-15-5-3-4-6-17(15)21/h3-8,10-11H,9,12-13H2,1-2H3,(H2,22,23,25,27). The molecule has 2 N–H and O–H groups in total. The van der Waals surface area contributed by atoms with Crippen LogP contribution < -0.4 is 10.6 Å². The summed E-state index contributed by atoms with van der Waals surface area (Å²) in [6.07, 6.45) is 1.18. The minimum atomic E-state index is -0.180. The molecule has 0 aliphatic rings. The van der Waals surface area contributed by atoms with E-state index in [1.807, 2.05) is 42.5 Å². The molecule has 0 radical (unpaired) electrons. The number of hydrogen-bond acceptors (Lipinski definition) is 3. The minimum Gasteiger partial charge on any atom is -0.349 e. The molecular formula is C20H22ClN3O2S. The molecule has 0 atom stereocenters. The third-order valence-electron chi connectivity index (χ3n) is 3.90. The first-order chi connectivity index (χ1) is 12.8. The molecule has 0 aliphatic carbocycles. The van der Waals surface area contributed by atoms with Gasteiger partial charge in [-0.15, -0.1) is 0 Å². The Morgan fingerprint density at radius 1 is 1.07 bits per heavy atom. The molecule has 142 valence electrons. The summed E-state index contributed by atoms with van der Waals surface area (Å²) in [7, 11) is 3.45. The third kappa shape index (κ3) is 7.00. The second kappa shape index (κ2) is 10.0. The van der Waals surface area contributed by atoms with Crippen LogP contribution in [0.2, 0.25) is 5.02 Å². The van der Waals surface area contributed by atoms with Gasteiger partial charge in [-0.1, -0.05) is 41.9 Å². The van der Waals surface area contributed by atoms with E-state index in [1.54, 1.807) is 25.1 Å². The van der Waals surface area contributed by atoms with E-state index >= 15 is 0 Å². The van der Waals surface area contributed by atoms with Gasteiger partial charge in [-0.3, -0.25) is 9.59 Å². The lowest BCUT2D eigenvalue weighted by molar-refractivity contribution is -0.128. The molecule has 7 heteroatoms.